The van der Waals surface area contributed by atoms with Gasteiger partial charge in [0.25, 0.3) is 0 Å². The van der Waals surface area contributed by atoms with E-state index in [2.05, 4.69) is 214 Å². The summed E-state index contributed by atoms with van der Waals surface area (Å²) in [6.07, 6.45) is 2.94. The van der Waals surface area contributed by atoms with Gasteiger partial charge in [-0.1, -0.05) is 220 Å². The molecule has 10 rings (SSSR count). The summed E-state index contributed by atoms with van der Waals surface area (Å²) in [5.74, 6) is 0.479. The summed E-state index contributed by atoms with van der Waals surface area (Å²) in [6, 6.07) is 71.7. The summed E-state index contributed by atoms with van der Waals surface area (Å²) >= 11 is 0. The SMILES string of the molecule is CC1(C)c2cccc(-c3ccc(/C(=C/Cc4ccccc4-c4ccccc4)N=C(N)c4ccc(-c5ccccc5)cc4)c4ccccc34)c2-c2c1ccc1ccccc21. The van der Waals surface area contributed by atoms with Gasteiger partial charge in [0.05, 0.1) is 5.70 Å². The molecule has 0 saturated carbocycles. The number of benzene rings is 9. The lowest BCUT2D eigenvalue weighted by molar-refractivity contribution is 0.661. The Morgan fingerprint density at radius 2 is 1.08 bits per heavy atom. The fraction of sp³-hybridized carbons (Fsp3) is 0.0702. The van der Waals surface area contributed by atoms with E-state index in [1.807, 2.05) is 6.07 Å². The third-order valence-corrected chi connectivity index (χ3v) is 12.2. The Kier molecular flexibility index (Phi) is 9.11. The van der Waals surface area contributed by atoms with Crippen LogP contribution in [0.2, 0.25) is 0 Å². The standard InChI is InChI=1S/C57H44N2/c1-57(2)51-27-15-26-50(55(51)54-45-23-12-10-21-42(45)32-36-52(54)57)48-34-35-49(47-25-14-13-24-46(47)48)53(37-33-41-20-9-11-22-44(41)40-18-7-4-8-19-40)59-56(58)43-30-28-39(29-31-43)38-16-5-3-6-17-38/h3-32,34-37H,33H2,1-2H3,(H2,58,59)/b53-37-. The summed E-state index contributed by atoms with van der Waals surface area (Å²) in [5, 5.41) is 4.88. The lowest BCUT2D eigenvalue weighted by atomic mass is 9.81. The summed E-state index contributed by atoms with van der Waals surface area (Å²) < 4.78 is 0. The van der Waals surface area contributed by atoms with Gasteiger partial charge in [0, 0.05) is 16.5 Å². The lowest BCUT2D eigenvalue weighted by Crippen LogP contribution is -2.14. The predicted octanol–water partition coefficient (Wildman–Crippen LogP) is 14.3. The summed E-state index contributed by atoms with van der Waals surface area (Å²) in [6.45, 7) is 4.73. The van der Waals surface area contributed by atoms with E-state index in [9.17, 15) is 0 Å². The van der Waals surface area contributed by atoms with Crippen LogP contribution in [0.15, 0.2) is 211 Å². The van der Waals surface area contributed by atoms with E-state index in [1.54, 1.807) is 0 Å². The molecule has 0 saturated heterocycles. The van der Waals surface area contributed by atoms with Gasteiger partial charge in [-0.15, -0.1) is 0 Å². The molecule has 59 heavy (non-hydrogen) atoms. The molecular weight excluding hydrogens is 713 g/mol. The second kappa shape index (κ2) is 14.9. The Bertz CT molecular complexity index is 3080. The smallest absolute Gasteiger partial charge is 0.131 e. The average molecular weight is 757 g/mol. The van der Waals surface area contributed by atoms with Crippen LogP contribution in [-0.2, 0) is 11.8 Å². The Hall–Kier alpha value is -7.29. The largest absolute Gasteiger partial charge is 0.383 e. The van der Waals surface area contributed by atoms with Crippen molar-refractivity contribution in [1.29, 1.82) is 0 Å². The zero-order chi connectivity index (χ0) is 39.9. The summed E-state index contributed by atoms with van der Waals surface area (Å²) in [7, 11) is 0. The van der Waals surface area contributed by atoms with Crippen LogP contribution in [0, 0.1) is 0 Å². The van der Waals surface area contributed by atoms with Crippen molar-refractivity contribution in [3.05, 3.63) is 234 Å². The highest BCUT2D eigenvalue weighted by atomic mass is 14.9. The Labute approximate surface area is 346 Å². The molecule has 2 heteroatoms. The Morgan fingerprint density at radius 3 is 1.86 bits per heavy atom. The quantitative estimate of drug-likeness (QED) is 0.122. The van der Waals surface area contributed by atoms with Crippen molar-refractivity contribution >= 4 is 33.1 Å². The van der Waals surface area contributed by atoms with Gasteiger partial charge in [-0.25, -0.2) is 4.99 Å². The zero-order valence-corrected chi connectivity index (χ0v) is 33.4. The Morgan fingerprint density at radius 1 is 0.475 bits per heavy atom. The number of hydrogen-bond acceptors (Lipinski definition) is 1. The van der Waals surface area contributed by atoms with E-state index in [4.69, 9.17) is 10.7 Å². The zero-order valence-electron chi connectivity index (χ0n) is 33.4. The molecular formula is C57H44N2. The van der Waals surface area contributed by atoms with Crippen molar-refractivity contribution in [3.63, 3.8) is 0 Å². The van der Waals surface area contributed by atoms with Crippen molar-refractivity contribution in [2.75, 3.05) is 0 Å². The highest BCUT2D eigenvalue weighted by molar-refractivity contribution is 6.11. The molecule has 0 aromatic heterocycles. The third kappa shape index (κ3) is 6.44. The van der Waals surface area contributed by atoms with Crippen molar-refractivity contribution in [3.8, 4) is 44.5 Å². The maximum Gasteiger partial charge on any atom is 0.131 e. The molecule has 9 aromatic carbocycles. The minimum absolute atomic E-state index is 0.127. The maximum absolute atomic E-state index is 6.96. The first-order chi connectivity index (χ1) is 29.0. The monoisotopic (exact) mass is 756 g/mol. The molecule has 2 nitrogen and oxygen atoms in total. The van der Waals surface area contributed by atoms with E-state index < -0.39 is 0 Å². The van der Waals surface area contributed by atoms with Gasteiger partial charge in [-0.05, 0) is 89.2 Å². The van der Waals surface area contributed by atoms with Crippen LogP contribution in [0.4, 0.5) is 0 Å². The molecule has 2 N–H and O–H groups in total. The number of allylic oxidation sites excluding steroid dienone is 1. The van der Waals surface area contributed by atoms with Crippen molar-refractivity contribution in [2.45, 2.75) is 25.7 Å². The number of rotatable bonds is 8. The Balaban J connectivity index is 1.13. The molecule has 0 spiro atoms. The molecule has 0 unspecified atom stereocenters. The highest BCUT2D eigenvalue weighted by Gasteiger charge is 2.38. The van der Waals surface area contributed by atoms with Gasteiger partial charge in [0.15, 0.2) is 0 Å². The number of nitrogens with two attached hydrogens (primary N) is 1. The third-order valence-electron chi connectivity index (χ3n) is 12.2. The first kappa shape index (κ1) is 36.1. The van der Waals surface area contributed by atoms with E-state index >= 15 is 0 Å². The van der Waals surface area contributed by atoms with E-state index in [-0.39, 0.29) is 5.41 Å². The van der Waals surface area contributed by atoms with Gasteiger partial charge in [0.1, 0.15) is 5.84 Å². The molecule has 0 fully saturated rings. The van der Waals surface area contributed by atoms with Crippen molar-refractivity contribution in [1.82, 2.24) is 0 Å². The maximum atomic E-state index is 6.96. The minimum atomic E-state index is -0.127. The minimum Gasteiger partial charge on any atom is -0.383 e. The molecule has 1 aliphatic rings. The van der Waals surface area contributed by atoms with Gasteiger partial charge < -0.3 is 5.73 Å². The van der Waals surface area contributed by atoms with Crippen molar-refractivity contribution in [2.24, 2.45) is 10.7 Å². The molecule has 0 amide bonds. The van der Waals surface area contributed by atoms with Gasteiger partial charge in [-0.3, -0.25) is 0 Å². The number of aliphatic imine (C=N–C) groups is 1. The first-order valence-corrected chi connectivity index (χ1v) is 20.5. The number of fused-ring (bicyclic) bond motifs is 6. The fourth-order valence-electron chi connectivity index (χ4n) is 9.21. The van der Waals surface area contributed by atoms with Gasteiger partial charge >= 0.3 is 0 Å². The number of hydrogen-bond donors (Lipinski definition) is 1. The topological polar surface area (TPSA) is 38.4 Å². The fourth-order valence-corrected chi connectivity index (χ4v) is 9.21. The summed E-state index contributed by atoms with van der Waals surface area (Å²) in [4.78, 5) is 5.29. The van der Waals surface area contributed by atoms with E-state index in [0.717, 1.165) is 27.8 Å². The predicted molar refractivity (Wildman–Crippen MR) is 251 cm³/mol. The number of amidine groups is 1. The molecule has 0 radical (unpaired) electrons. The van der Waals surface area contributed by atoms with Crippen LogP contribution in [0.5, 0.6) is 0 Å². The van der Waals surface area contributed by atoms with Crippen LogP contribution in [0.25, 0.3) is 71.7 Å². The van der Waals surface area contributed by atoms with Crippen molar-refractivity contribution < 1.29 is 0 Å². The molecule has 9 aromatic rings. The lowest BCUT2D eigenvalue weighted by Gasteiger charge is -2.22. The van der Waals surface area contributed by atoms with Crippen LogP contribution in [0.1, 0.15) is 41.7 Å². The van der Waals surface area contributed by atoms with Gasteiger partial charge in [-0.2, -0.15) is 0 Å². The normalized spacial score (nSPS) is 13.4. The van der Waals surface area contributed by atoms with Crippen LogP contribution < -0.4 is 5.73 Å². The van der Waals surface area contributed by atoms with E-state index in [1.165, 1.54) is 71.8 Å². The summed E-state index contributed by atoms with van der Waals surface area (Å²) in [5.41, 5.74) is 23.4. The van der Waals surface area contributed by atoms with Crippen LogP contribution >= 0.6 is 0 Å². The second-order valence-electron chi connectivity index (χ2n) is 16.0. The molecule has 0 aliphatic heterocycles. The molecule has 1 aliphatic carbocycles. The van der Waals surface area contributed by atoms with Crippen LogP contribution in [0.3, 0.4) is 0 Å². The first-order valence-electron chi connectivity index (χ1n) is 20.5. The molecule has 0 heterocycles. The highest BCUT2D eigenvalue weighted by Crippen LogP contribution is 2.55. The van der Waals surface area contributed by atoms with E-state index in [0.29, 0.717) is 12.3 Å². The molecule has 282 valence electrons. The molecule has 0 bridgehead atoms. The molecule has 0 atom stereocenters. The second-order valence-corrected chi connectivity index (χ2v) is 16.0. The van der Waals surface area contributed by atoms with Gasteiger partial charge in [0.2, 0.25) is 0 Å². The number of nitrogens with zero attached hydrogens (tertiary/aromatic N) is 1. The average Bonchev–Trinajstić information content (AvgIpc) is 3.54. The van der Waals surface area contributed by atoms with Crippen LogP contribution in [-0.4, -0.2) is 5.84 Å².